The van der Waals surface area contributed by atoms with Crippen molar-refractivity contribution in [3.05, 3.63) is 0 Å². The summed E-state index contributed by atoms with van der Waals surface area (Å²) in [6, 6.07) is -4.77. The number of carboxylic acids is 9. The molecule has 119 heavy (non-hydrogen) atoms. The number of rotatable bonds is 42. The molecule has 0 spiro atoms. The molecule has 5 aliphatic rings. The molecule has 14 atom stereocenters. The van der Waals surface area contributed by atoms with Gasteiger partial charge >= 0.3 is 53.7 Å². The maximum absolute atomic E-state index is 14.7. The smallest absolute Gasteiger partial charge is 0.317 e. The largest absolute Gasteiger partial charge is 0.480 e. The maximum Gasteiger partial charge on any atom is 0.317 e. The molecule has 0 radical (unpaired) electrons. The third-order valence-electron chi connectivity index (χ3n) is 21.3. The van der Waals surface area contributed by atoms with E-state index >= 15 is 0 Å². The minimum Gasteiger partial charge on any atom is -0.480 e. The van der Waals surface area contributed by atoms with Crippen molar-refractivity contribution in [2.24, 2.45) is 11.8 Å². The fourth-order valence-corrected chi connectivity index (χ4v) is 14.8. The number of nitrogens with one attached hydrogen (secondary N) is 3. The Balaban J connectivity index is 1.42. The zero-order chi connectivity index (χ0) is 88.0. The van der Waals surface area contributed by atoms with Crippen molar-refractivity contribution in [1.29, 1.82) is 0 Å². The Labute approximate surface area is 685 Å². The van der Waals surface area contributed by atoms with Crippen LogP contribution in [0, 0.1) is 11.8 Å². The highest BCUT2D eigenvalue weighted by atomic mass is 16.6. The Morgan fingerprint density at radius 2 is 0.563 bits per heavy atom. The second-order valence-corrected chi connectivity index (χ2v) is 30.3. The summed E-state index contributed by atoms with van der Waals surface area (Å²) < 4.78 is 24.6. The van der Waals surface area contributed by atoms with Gasteiger partial charge in [-0.15, -0.1) is 0 Å². The topological polar surface area (TPSA) is 681 Å². The van der Waals surface area contributed by atoms with Crippen LogP contribution in [-0.4, -0.2) is 584 Å². The number of amides is 3. The molecule has 0 aromatic heterocycles. The van der Waals surface area contributed by atoms with Crippen LogP contribution in [0.5, 0.6) is 0 Å². The fourth-order valence-electron chi connectivity index (χ4n) is 14.8. The minimum absolute atomic E-state index is 0.0000464. The first-order valence-corrected chi connectivity index (χ1v) is 39.3. The van der Waals surface area contributed by atoms with Crippen molar-refractivity contribution < 1.29 is 168 Å². The molecule has 21 N–H and O–H groups in total. The lowest BCUT2D eigenvalue weighted by atomic mass is 9.85. The molecule has 0 saturated carbocycles. The van der Waals surface area contributed by atoms with Gasteiger partial charge in [-0.3, -0.25) is 116 Å². The van der Waals surface area contributed by atoms with Crippen molar-refractivity contribution in [3.8, 4) is 0 Å². The summed E-state index contributed by atoms with van der Waals surface area (Å²) in [5, 5.41) is 197. The number of hydrogen-bond donors (Lipinski definition) is 21. The predicted octanol–water partition coefficient (Wildman–Crippen LogP) is -14.6. The van der Waals surface area contributed by atoms with Gasteiger partial charge in [0.05, 0.1) is 174 Å². The highest BCUT2D eigenvalue weighted by Gasteiger charge is 2.49. The van der Waals surface area contributed by atoms with Crippen LogP contribution in [0.3, 0.4) is 0 Å². The van der Waals surface area contributed by atoms with Gasteiger partial charge in [0.15, 0.2) is 0 Å². The first kappa shape index (κ1) is 102. The number of aliphatic hydroxyl groups excluding tert-OH is 9. The molecule has 3 amide bonds. The van der Waals surface area contributed by atoms with Gasteiger partial charge in [-0.05, 0) is 0 Å². The number of ether oxygens (including phenoxy) is 4. The van der Waals surface area contributed by atoms with Crippen LogP contribution in [0.1, 0.15) is 0 Å². The summed E-state index contributed by atoms with van der Waals surface area (Å²) in [4.78, 5) is 169. The molecule has 0 aliphatic carbocycles. The van der Waals surface area contributed by atoms with Gasteiger partial charge in [0.1, 0.15) is 30.5 Å². The molecule has 5 saturated heterocycles. The Kier molecular flexibility index (Phi) is 46.0. The van der Waals surface area contributed by atoms with E-state index < -0.39 is 288 Å². The van der Waals surface area contributed by atoms with Crippen molar-refractivity contribution in [1.82, 2.24) is 74.7 Å². The lowest BCUT2D eigenvalue weighted by molar-refractivity contribution is -0.217. The normalized spacial score (nSPS) is 26.4. The highest BCUT2D eigenvalue weighted by molar-refractivity contribution is 5.80. The molecule has 0 aromatic rings. The van der Waals surface area contributed by atoms with Gasteiger partial charge in [-0.1, -0.05) is 0 Å². The van der Waals surface area contributed by atoms with Crippen LogP contribution >= 0.6 is 0 Å². The standard InChI is InChI=1S/C70H123N15O34/c86-37-47(71-53(91)25-74-1-7-77(28-56(94)95)13-19-83(34-62(106)107)20-14-78(8-2-74)29-57(96)97)67(112)45(48(90)38-87)41-116-43-51-65(72-54(92)26-75-3-9-79(30-58(98)99)15-21-84(35-63(108)109)22-16-80(10-4-75)31-59(100)101)68(113)46(49(39-88)118-51)42-117-44-52-66(70(115)69(114)50(40-89)119-52)73-55(93)27-76-5-11-81(32-60(102)103)17-23-85(36-64(110)111)24-18-82(12-6-76)33-61(104)105/h45-52,65-70,86-90,112-115H,1-44H2,(H,71,91)(H,72,92)(H,73,93)(H,94,95)(H,96,97)(H,98,99)(H,100,101)(H,102,103)(H,104,105)(H,106,107)(H,108,109)(H,110,111)/t45?,46?,47-,48+,49+,50+,51-,52-,65-,66-,67-,68-,69+,70+/m0/s1. The molecule has 5 rings (SSSR count). The molecule has 49 heteroatoms. The Hall–Kier alpha value is -7.36. The van der Waals surface area contributed by atoms with Crippen LogP contribution < -0.4 is 16.0 Å². The number of hydrogen-bond acceptors (Lipinski definition) is 37. The maximum atomic E-state index is 14.7. The number of carbonyl (C=O) groups excluding carboxylic acids is 3. The second kappa shape index (κ2) is 53.5. The molecular weight excluding hydrogens is 1590 g/mol. The third kappa shape index (κ3) is 38.3. The number of carboxylic acid groups (broad SMARTS) is 9. The zero-order valence-corrected chi connectivity index (χ0v) is 66.6. The van der Waals surface area contributed by atoms with E-state index in [0.717, 1.165) is 0 Å². The van der Waals surface area contributed by atoms with Crippen LogP contribution in [-0.2, 0) is 76.5 Å². The third-order valence-corrected chi connectivity index (χ3v) is 21.3. The first-order valence-electron chi connectivity index (χ1n) is 39.3. The quantitative estimate of drug-likeness (QED) is 0.0270. The second-order valence-electron chi connectivity index (χ2n) is 30.3. The lowest BCUT2D eigenvalue weighted by Crippen LogP contribution is -2.66. The van der Waals surface area contributed by atoms with Crippen molar-refractivity contribution in [2.75, 3.05) is 288 Å². The van der Waals surface area contributed by atoms with Crippen LogP contribution in [0.15, 0.2) is 0 Å². The van der Waals surface area contributed by atoms with Crippen LogP contribution in [0.2, 0.25) is 0 Å². The van der Waals surface area contributed by atoms with Crippen molar-refractivity contribution in [3.63, 3.8) is 0 Å². The zero-order valence-electron chi connectivity index (χ0n) is 66.6. The molecule has 49 nitrogen and oxygen atoms in total. The molecule has 0 aromatic carbocycles. The van der Waals surface area contributed by atoms with E-state index in [0.29, 0.717) is 0 Å². The summed E-state index contributed by atoms with van der Waals surface area (Å²) in [6.45, 7) is -11.4. The lowest BCUT2D eigenvalue weighted by Gasteiger charge is -2.45. The average molecular weight is 1720 g/mol. The van der Waals surface area contributed by atoms with Crippen LogP contribution in [0.4, 0.5) is 0 Å². The summed E-state index contributed by atoms with van der Waals surface area (Å²) in [6.07, 6.45) is -15.3. The summed E-state index contributed by atoms with van der Waals surface area (Å²) >= 11 is 0. The highest BCUT2D eigenvalue weighted by Crippen LogP contribution is 2.29. The Morgan fingerprint density at radius 3 is 0.824 bits per heavy atom. The molecule has 5 aliphatic heterocycles. The van der Waals surface area contributed by atoms with Gasteiger partial charge in [0.2, 0.25) is 17.7 Å². The van der Waals surface area contributed by atoms with Gasteiger partial charge in [0.25, 0.3) is 0 Å². The SMILES string of the molecule is O=C(O)CN1CCN(CC(=O)O)CCN(CC(=O)N[C@@H]2[C@@H](O)[C@H](O)[C@@H](CO)O[C@H]2COCC2[C@@H](CO)O[C@@H](COCC([C@H](O)CO)[C@H](O)[C@H](CO)NC(=O)CN3CCN(CC(=O)O)CCN(CC(=O)O)CCN(CC(=O)O)CC3)[C@H](NC(=O)CN3CCN(CC(=O)O)CCN(CC(=O)O)CCN(CC(=O)O)CC3)[C@H]2O)CCN(CC(=O)O)CC1. The van der Waals surface area contributed by atoms with E-state index in [4.69, 9.17) is 18.9 Å². The molecular formula is C70H123N15O34. The van der Waals surface area contributed by atoms with E-state index in [9.17, 15) is 149 Å². The van der Waals surface area contributed by atoms with Gasteiger partial charge in [-0.2, -0.15) is 0 Å². The van der Waals surface area contributed by atoms with Crippen molar-refractivity contribution in [2.45, 2.75) is 73.1 Å². The van der Waals surface area contributed by atoms with E-state index in [2.05, 4.69) is 16.0 Å². The average Bonchev–Trinajstić information content (AvgIpc) is 0.797. The molecule has 2 unspecified atom stereocenters. The van der Waals surface area contributed by atoms with Crippen molar-refractivity contribution >= 4 is 71.4 Å². The van der Waals surface area contributed by atoms with Crippen LogP contribution in [0.25, 0.3) is 0 Å². The molecule has 5 fully saturated rings. The number of carbonyl (C=O) groups is 12. The number of aliphatic hydroxyl groups is 9. The van der Waals surface area contributed by atoms with Gasteiger partial charge in [-0.25, -0.2) is 0 Å². The van der Waals surface area contributed by atoms with E-state index in [1.54, 1.807) is 19.6 Å². The van der Waals surface area contributed by atoms with E-state index in [1.165, 1.54) is 39.2 Å². The minimum atomic E-state index is -1.96. The Bertz CT molecular complexity index is 3090. The first-order chi connectivity index (χ1) is 56.5. The summed E-state index contributed by atoms with van der Waals surface area (Å²) in [7, 11) is 0. The van der Waals surface area contributed by atoms with E-state index in [-0.39, 0.29) is 157 Å². The molecule has 0 bridgehead atoms. The molecule has 682 valence electrons. The summed E-state index contributed by atoms with van der Waals surface area (Å²) in [5.41, 5.74) is 0. The van der Waals surface area contributed by atoms with Gasteiger partial charge in [0, 0.05) is 169 Å². The number of aliphatic carboxylic acids is 9. The molecule has 5 heterocycles. The Morgan fingerprint density at radius 1 is 0.311 bits per heavy atom. The summed E-state index contributed by atoms with van der Waals surface area (Å²) in [5.74, 6) is -16.2. The van der Waals surface area contributed by atoms with Gasteiger partial charge < -0.3 is 127 Å². The number of nitrogens with zero attached hydrogens (tertiary/aromatic N) is 12. The predicted molar refractivity (Wildman–Crippen MR) is 406 cm³/mol. The van der Waals surface area contributed by atoms with E-state index in [1.807, 2.05) is 0 Å². The fraction of sp³-hybridized carbons (Fsp3) is 0.829. The monoisotopic (exact) mass is 1720 g/mol.